The van der Waals surface area contributed by atoms with Crippen molar-refractivity contribution in [2.24, 2.45) is 10.7 Å². The van der Waals surface area contributed by atoms with E-state index in [1.807, 2.05) is 13.8 Å². The average molecular weight is 394 g/mol. The lowest BCUT2D eigenvalue weighted by Gasteiger charge is -2.33. The van der Waals surface area contributed by atoms with Gasteiger partial charge in [-0.3, -0.25) is 9.79 Å². The third-order valence-electron chi connectivity index (χ3n) is 4.00. The monoisotopic (exact) mass is 393 g/mol. The Morgan fingerprint density at radius 1 is 1.42 bits per heavy atom. The van der Waals surface area contributed by atoms with Crippen molar-refractivity contribution in [3.63, 3.8) is 0 Å². The number of carbonyl (C=O) groups excluding carboxylic acids is 1. The molecule has 2 aromatic rings. The quantitative estimate of drug-likeness (QED) is 0.777. The Labute approximate surface area is 159 Å². The molecule has 0 unspecified atom stereocenters. The number of rotatable bonds is 3. The maximum absolute atomic E-state index is 14.4. The minimum absolute atomic E-state index is 0.188. The van der Waals surface area contributed by atoms with Crippen LogP contribution in [0.25, 0.3) is 0 Å². The predicted molar refractivity (Wildman–Crippen MR) is 102 cm³/mol. The molecule has 0 fully saturated rings. The van der Waals surface area contributed by atoms with E-state index >= 15 is 0 Å². The lowest BCUT2D eigenvalue weighted by molar-refractivity contribution is 0.102. The number of nitrogens with one attached hydrogen (secondary N) is 1. The topological polar surface area (TPSA) is 93.3 Å². The standard InChI is InChI=1S/C17H17ClFN5OS/c1-9-6-17(2,24-16(20)26-9)12-5-11(8-22-14(12)19)23-15(25)13-4-3-10(18)7-21-13/h3-5,7-9H,6H2,1-2H3,(H2,20,24)(H,23,25)/t9-,17+/m1/s1. The van der Waals surface area contributed by atoms with Gasteiger partial charge in [-0.15, -0.1) is 0 Å². The third kappa shape index (κ3) is 3.96. The van der Waals surface area contributed by atoms with Gasteiger partial charge in [-0.05, 0) is 31.5 Å². The molecule has 2 aromatic heterocycles. The number of aliphatic imine (C=N–C) groups is 1. The first-order valence-electron chi connectivity index (χ1n) is 7.88. The van der Waals surface area contributed by atoms with Gasteiger partial charge in [-0.2, -0.15) is 4.39 Å². The minimum Gasteiger partial charge on any atom is -0.379 e. The molecule has 0 aromatic carbocycles. The smallest absolute Gasteiger partial charge is 0.274 e. The van der Waals surface area contributed by atoms with Gasteiger partial charge >= 0.3 is 0 Å². The van der Waals surface area contributed by atoms with Gasteiger partial charge in [0.25, 0.3) is 5.91 Å². The molecular weight excluding hydrogens is 377 g/mol. The Kier molecular flexibility index (Phi) is 5.15. The van der Waals surface area contributed by atoms with Crippen LogP contribution in [0.5, 0.6) is 0 Å². The number of amidine groups is 1. The summed E-state index contributed by atoms with van der Waals surface area (Å²) < 4.78 is 14.4. The van der Waals surface area contributed by atoms with E-state index in [1.165, 1.54) is 36.3 Å². The van der Waals surface area contributed by atoms with Gasteiger partial charge in [0, 0.05) is 17.0 Å². The molecule has 0 spiro atoms. The number of carbonyl (C=O) groups is 1. The van der Waals surface area contributed by atoms with E-state index in [0.29, 0.717) is 22.3 Å². The van der Waals surface area contributed by atoms with E-state index in [-0.39, 0.29) is 16.5 Å². The number of halogens is 2. The fourth-order valence-electron chi connectivity index (χ4n) is 2.89. The first kappa shape index (κ1) is 18.6. The molecule has 0 radical (unpaired) electrons. The summed E-state index contributed by atoms with van der Waals surface area (Å²) in [6.45, 7) is 3.82. The van der Waals surface area contributed by atoms with Crippen molar-refractivity contribution in [1.29, 1.82) is 0 Å². The Morgan fingerprint density at radius 3 is 2.85 bits per heavy atom. The maximum atomic E-state index is 14.4. The SMILES string of the molecule is C[C@@H]1C[C@@](C)(c2cc(NC(=O)c3ccc(Cl)cn3)cnc2F)N=C(N)S1. The molecule has 2 atom stereocenters. The van der Waals surface area contributed by atoms with Crippen molar-refractivity contribution in [1.82, 2.24) is 9.97 Å². The fraction of sp³-hybridized carbons (Fsp3) is 0.294. The largest absolute Gasteiger partial charge is 0.379 e. The Morgan fingerprint density at radius 2 is 2.19 bits per heavy atom. The molecule has 0 aliphatic carbocycles. The molecule has 1 aliphatic heterocycles. The summed E-state index contributed by atoms with van der Waals surface area (Å²) in [6.07, 6.45) is 3.24. The van der Waals surface area contributed by atoms with Crippen LogP contribution in [0.4, 0.5) is 10.1 Å². The fourth-order valence-corrected chi connectivity index (χ4v) is 4.08. The summed E-state index contributed by atoms with van der Waals surface area (Å²) in [5.41, 5.74) is 5.86. The van der Waals surface area contributed by atoms with Crippen LogP contribution in [-0.4, -0.2) is 26.3 Å². The zero-order valence-electron chi connectivity index (χ0n) is 14.2. The summed E-state index contributed by atoms with van der Waals surface area (Å²) in [5, 5.41) is 3.69. The summed E-state index contributed by atoms with van der Waals surface area (Å²) in [4.78, 5) is 24.4. The predicted octanol–water partition coefficient (Wildman–Crippen LogP) is 3.58. The second kappa shape index (κ2) is 7.20. The second-order valence-corrected chi connectivity index (χ2v) is 8.13. The van der Waals surface area contributed by atoms with Crippen LogP contribution in [0.3, 0.4) is 0 Å². The van der Waals surface area contributed by atoms with Gasteiger partial charge in [0.1, 0.15) is 5.69 Å². The molecule has 1 amide bonds. The molecular formula is C17H17ClFN5OS. The first-order chi connectivity index (χ1) is 12.3. The van der Waals surface area contributed by atoms with Crippen LogP contribution >= 0.6 is 23.4 Å². The summed E-state index contributed by atoms with van der Waals surface area (Å²) in [6, 6.07) is 4.61. The van der Waals surface area contributed by atoms with Crippen molar-refractivity contribution in [3.05, 3.63) is 52.8 Å². The van der Waals surface area contributed by atoms with E-state index in [1.54, 1.807) is 6.07 Å². The zero-order chi connectivity index (χ0) is 18.9. The number of nitrogens with zero attached hydrogens (tertiary/aromatic N) is 3. The van der Waals surface area contributed by atoms with E-state index in [4.69, 9.17) is 17.3 Å². The molecule has 0 bridgehead atoms. The van der Waals surface area contributed by atoms with Gasteiger partial charge in [-0.1, -0.05) is 30.3 Å². The Bertz CT molecular complexity index is 876. The van der Waals surface area contributed by atoms with Crippen LogP contribution in [-0.2, 0) is 5.54 Å². The van der Waals surface area contributed by atoms with Gasteiger partial charge in [-0.25, -0.2) is 9.97 Å². The van der Waals surface area contributed by atoms with Crippen molar-refractivity contribution < 1.29 is 9.18 Å². The van der Waals surface area contributed by atoms with Crippen LogP contribution in [0.15, 0.2) is 35.6 Å². The van der Waals surface area contributed by atoms with Gasteiger partial charge < -0.3 is 11.1 Å². The van der Waals surface area contributed by atoms with Gasteiger partial charge in [0.05, 0.1) is 22.4 Å². The van der Waals surface area contributed by atoms with Gasteiger partial charge in [0.15, 0.2) is 5.17 Å². The molecule has 3 rings (SSSR count). The van der Waals surface area contributed by atoms with Crippen LogP contribution in [0.2, 0.25) is 5.02 Å². The molecule has 136 valence electrons. The number of nitrogens with two attached hydrogens (primary N) is 1. The molecule has 0 saturated carbocycles. The van der Waals surface area contributed by atoms with E-state index in [2.05, 4.69) is 20.3 Å². The molecule has 6 nitrogen and oxygen atoms in total. The second-order valence-electron chi connectivity index (χ2n) is 6.23. The molecule has 9 heteroatoms. The lowest BCUT2D eigenvalue weighted by atomic mass is 9.88. The Hall–Kier alpha value is -2.19. The maximum Gasteiger partial charge on any atom is 0.274 e. The van der Waals surface area contributed by atoms with Gasteiger partial charge in [0.2, 0.25) is 5.95 Å². The number of aromatic nitrogens is 2. The lowest BCUT2D eigenvalue weighted by Crippen LogP contribution is -2.33. The number of hydrogen-bond donors (Lipinski definition) is 2. The highest BCUT2D eigenvalue weighted by Crippen LogP contribution is 2.40. The van der Waals surface area contributed by atoms with Crippen LogP contribution < -0.4 is 11.1 Å². The highest BCUT2D eigenvalue weighted by molar-refractivity contribution is 8.14. The molecule has 1 aliphatic rings. The van der Waals surface area contributed by atoms with Crippen LogP contribution in [0.1, 0.15) is 36.3 Å². The normalized spacial score (nSPS) is 22.6. The molecule has 3 heterocycles. The average Bonchev–Trinajstić information content (AvgIpc) is 2.55. The Balaban J connectivity index is 1.89. The van der Waals surface area contributed by atoms with E-state index < -0.39 is 17.4 Å². The van der Waals surface area contributed by atoms with Crippen molar-refractivity contribution in [2.75, 3.05) is 5.32 Å². The number of amides is 1. The number of anilines is 1. The highest BCUT2D eigenvalue weighted by atomic mass is 35.5. The molecule has 26 heavy (non-hydrogen) atoms. The van der Waals surface area contributed by atoms with Crippen LogP contribution in [0, 0.1) is 5.95 Å². The summed E-state index contributed by atoms with van der Waals surface area (Å²) in [7, 11) is 0. The number of pyridine rings is 2. The van der Waals surface area contributed by atoms with Crippen molar-refractivity contribution in [2.45, 2.75) is 31.1 Å². The van der Waals surface area contributed by atoms with Crippen molar-refractivity contribution >= 4 is 40.1 Å². The van der Waals surface area contributed by atoms with E-state index in [0.717, 1.165) is 0 Å². The first-order valence-corrected chi connectivity index (χ1v) is 9.13. The minimum atomic E-state index is -0.842. The summed E-state index contributed by atoms with van der Waals surface area (Å²) >= 11 is 7.22. The zero-order valence-corrected chi connectivity index (χ0v) is 15.7. The highest BCUT2D eigenvalue weighted by Gasteiger charge is 2.36. The number of thioether (sulfide) groups is 1. The van der Waals surface area contributed by atoms with Crippen molar-refractivity contribution in [3.8, 4) is 0 Å². The molecule has 0 saturated heterocycles. The molecule has 3 N–H and O–H groups in total. The third-order valence-corrected chi connectivity index (χ3v) is 5.13. The summed E-state index contributed by atoms with van der Waals surface area (Å²) in [5.74, 6) is -1.08. The van der Waals surface area contributed by atoms with E-state index in [9.17, 15) is 9.18 Å². The number of hydrogen-bond acceptors (Lipinski definition) is 6.